The van der Waals surface area contributed by atoms with E-state index in [0.29, 0.717) is 29.7 Å². The highest BCUT2D eigenvalue weighted by Crippen LogP contribution is 2.50. The summed E-state index contributed by atoms with van der Waals surface area (Å²) in [7, 11) is 0. The zero-order chi connectivity index (χ0) is 20.9. The molecule has 2 N–H and O–H groups in total. The van der Waals surface area contributed by atoms with Crippen molar-refractivity contribution >= 4 is 11.9 Å². The molecule has 0 saturated heterocycles. The molecule has 5 heteroatoms. The minimum atomic E-state index is -0.735. The Labute approximate surface area is 177 Å². The molecule has 1 aromatic carbocycles. The second-order valence-corrected chi connectivity index (χ2v) is 8.63. The Balaban J connectivity index is 1.34. The normalized spacial score (nSPS) is 25.1. The van der Waals surface area contributed by atoms with E-state index in [1.165, 1.54) is 19.3 Å². The molecule has 158 valence electrons. The maximum Gasteiger partial charge on any atom is 0.303 e. The first-order valence-corrected chi connectivity index (χ1v) is 11.0. The van der Waals surface area contributed by atoms with Gasteiger partial charge in [0.05, 0.1) is 0 Å². The number of aliphatic carboxylic acids is 1. The first kappa shape index (κ1) is 20.5. The number of rotatable bonds is 9. The van der Waals surface area contributed by atoms with Gasteiger partial charge in [-0.1, -0.05) is 12.2 Å². The Hall–Kier alpha value is -2.82. The minimum Gasteiger partial charge on any atom is -0.481 e. The van der Waals surface area contributed by atoms with Crippen LogP contribution in [-0.4, -0.2) is 27.6 Å². The topological polar surface area (TPSA) is 71.3 Å². The SMILES string of the molecule is O=C(O)CCC/C=C/C[C@H]1[C@H]2CC[C@H](C2)[C@@H]1NC(=O)c1ccc(-n2cccc2)cc1. The maximum atomic E-state index is 12.9. The molecule has 2 aromatic rings. The molecule has 2 aliphatic carbocycles. The first-order valence-electron chi connectivity index (χ1n) is 11.0. The van der Waals surface area contributed by atoms with E-state index in [0.717, 1.165) is 18.5 Å². The van der Waals surface area contributed by atoms with E-state index in [1.54, 1.807) is 0 Å². The van der Waals surface area contributed by atoms with Crippen LogP contribution in [0.2, 0.25) is 0 Å². The molecule has 0 radical (unpaired) electrons. The number of nitrogens with zero attached hydrogens (tertiary/aromatic N) is 1. The highest BCUT2D eigenvalue weighted by atomic mass is 16.4. The number of carbonyl (C=O) groups excluding carboxylic acids is 1. The van der Waals surface area contributed by atoms with Crippen molar-refractivity contribution in [2.45, 2.75) is 51.0 Å². The lowest BCUT2D eigenvalue weighted by Gasteiger charge is -2.31. The van der Waals surface area contributed by atoms with E-state index in [-0.39, 0.29) is 18.4 Å². The summed E-state index contributed by atoms with van der Waals surface area (Å²) in [5.74, 6) is 1.05. The average Bonchev–Trinajstić information content (AvgIpc) is 3.49. The predicted octanol–water partition coefficient (Wildman–Crippen LogP) is 4.82. The Morgan fingerprint density at radius 1 is 1.07 bits per heavy atom. The molecule has 0 unspecified atom stereocenters. The standard InChI is InChI=1S/C25H30N2O3/c28-23(29)8-4-2-1-3-7-22-19-9-10-20(17-19)24(22)26-25(30)18-11-13-21(14-12-18)27-15-5-6-16-27/h1,3,5-6,11-16,19-20,22,24H,2,4,7-10,17H2,(H,26,30)(H,28,29)/b3-1+/t19-,20+,22-,24-/m0/s1. The Kier molecular flexibility index (Phi) is 6.36. The Morgan fingerprint density at radius 2 is 1.80 bits per heavy atom. The molecule has 0 aliphatic heterocycles. The number of carboxylic acid groups (broad SMARTS) is 1. The summed E-state index contributed by atoms with van der Waals surface area (Å²) in [5, 5.41) is 12.1. The van der Waals surface area contributed by atoms with Crippen molar-refractivity contribution in [3.8, 4) is 5.69 Å². The quantitative estimate of drug-likeness (QED) is 0.463. The predicted molar refractivity (Wildman–Crippen MR) is 117 cm³/mol. The summed E-state index contributed by atoms with van der Waals surface area (Å²) in [5.41, 5.74) is 1.75. The second kappa shape index (κ2) is 9.33. The van der Waals surface area contributed by atoms with Gasteiger partial charge in [0.25, 0.3) is 5.91 Å². The van der Waals surface area contributed by atoms with Crippen LogP contribution in [0.4, 0.5) is 0 Å². The van der Waals surface area contributed by atoms with Gasteiger partial charge in [0.2, 0.25) is 0 Å². The van der Waals surface area contributed by atoms with Crippen molar-refractivity contribution in [2.75, 3.05) is 0 Å². The van der Waals surface area contributed by atoms with Gasteiger partial charge in [-0.2, -0.15) is 0 Å². The van der Waals surface area contributed by atoms with Crippen LogP contribution in [0.15, 0.2) is 60.9 Å². The molecular formula is C25H30N2O3. The smallest absolute Gasteiger partial charge is 0.303 e. The molecule has 2 fully saturated rings. The third-order valence-electron chi connectivity index (χ3n) is 6.75. The van der Waals surface area contributed by atoms with E-state index in [9.17, 15) is 9.59 Å². The van der Waals surface area contributed by atoms with Gasteiger partial charge in [0.15, 0.2) is 0 Å². The molecule has 0 spiro atoms. The molecule has 2 aliphatic rings. The zero-order valence-electron chi connectivity index (χ0n) is 17.2. The molecule has 30 heavy (non-hydrogen) atoms. The zero-order valence-corrected chi connectivity index (χ0v) is 17.2. The van der Waals surface area contributed by atoms with Crippen LogP contribution in [0.5, 0.6) is 0 Å². The summed E-state index contributed by atoms with van der Waals surface area (Å²) in [4.78, 5) is 23.5. The molecule has 5 nitrogen and oxygen atoms in total. The van der Waals surface area contributed by atoms with Gasteiger partial charge in [0, 0.05) is 36.1 Å². The van der Waals surface area contributed by atoms with Crippen LogP contribution >= 0.6 is 0 Å². The highest BCUT2D eigenvalue weighted by Gasteiger charge is 2.47. The number of aromatic nitrogens is 1. The summed E-state index contributed by atoms with van der Waals surface area (Å²) < 4.78 is 2.02. The Morgan fingerprint density at radius 3 is 2.53 bits per heavy atom. The number of fused-ring (bicyclic) bond motifs is 2. The third-order valence-corrected chi connectivity index (χ3v) is 6.75. The van der Waals surface area contributed by atoms with Crippen molar-refractivity contribution < 1.29 is 14.7 Å². The third kappa shape index (κ3) is 4.66. The lowest BCUT2D eigenvalue weighted by molar-refractivity contribution is -0.137. The molecule has 4 rings (SSSR count). The summed E-state index contributed by atoms with van der Waals surface area (Å²) in [6.45, 7) is 0. The molecule has 1 aromatic heterocycles. The lowest BCUT2D eigenvalue weighted by atomic mass is 9.82. The maximum absolute atomic E-state index is 12.9. The monoisotopic (exact) mass is 406 g/mol. The van der Waals surface area contributed by atoms with Crippen molar-refractivity contribution in [2.24, 2.45) is 17.8 Å². The van der Waals surface area contributed by atoms with E-state index < -0.39 is 5.97 Å². The summed E-state index contributed by atoms with van der Waals surface area (Å²) in [6, 6.07) is 12.0. The number of unbranched alkanes of at least 4 members (excludes halogenated alkanes) is 1. The van der Waals surface area contributed by atoms with Gasteiger partial charge >= 0.3 is 5.97 Å². The number of hydrogen-bond donors (Lipinski definition) is 2. The number of benzene rings is 1. The van der Waals surface area contributed by atoms with Crippen molar-refractivity contribution in [3.63, 3.8) is 0 Å². The van der Waals surface area contributed by atoms with Crippen LogP contribution < -0.4 is 5.32 Å². The van der Waals surface area contributed by atoms with E-state index in [1.807, 2.05) is 53.4 Å². The van der Waals surface area contributed by atoms with Gasteiger partial charge in [-0.3, -0.25) is 9.59 Å². The largest absolute Gasteiger partial charge is 0.481 e. The molecule has 1 amide bonds. The van der Waals surface area contributed by atoms with Crippen molar-refractivity contribution in [3.05, 3.63) is 66.5 Å². The molecular weight excluding hydrogens is 376 g/mol. The van der Waals surface area contributed by atoms with Gasteiger partial charge < -0.3 is 15.0 Å². The molecule has 2 saturated carbocycles. The fraction of sp³-hybridized carbons (Fsp3) is 0.440. The number of amides is 1. The number of allylic oxidation sites excluding steroid dienone is 2. The molecule has 1 heterocycles. The fourth-order valence-electron chi connectivity index (χ4n) is 5.24. The summed E-state index contributed by atoms with van der Waals surface area (Å²) in [6.07, 6.45) is 14.6. The number of nitrogens with one attached hydrogen (secondary N) is 1. The van der Waals surface area contributed by atoms with Gasteiger partial charge in [-0.15, -0.1) is 0 Å². The van der Waals surface area contributed by atoms with Crippen LogP contribution in [0.3, 0.4) is 0 Å². The van der Waals surface area contributed by atoms with Crippen molar-refractivity contribution in [1.82, 2.24) is 9.88 Å². The average molecular weight is 407 g/mol. The lowest BCUT2D eigenvalue weighted by Crippen LogP contribution is -2.43. The van der Waals surface area contributed by atoms with E-state index in [2.05, 4.69) is 17.5 Å². The molecule has 2 bridgehead atoms. The van der Waals surface area contributed by atoms with Crippen LogP contribution in [0.1, 0.15) is 55.3 Å². The first-order chi connectivity index (χ1) is 14.6. The minimum absolute atomic E-state index is 0.0158. The van der Waals surface area contributed by atoms with Crippen LogP contribution in [-0.2, 0) is 4.79 Å². The second-order valence-electron chi connectivity index (χ2n) is 8.63. The van der Waals surface area contributed by atoms with Gasteiger partial charge in [0.1, 0.15) is 0 Å². The summed E-state index contributed by atoms with van der Waals surface area (Å²) >= 11 is 0. The van der Waals surface area contributed by atoms with E-state index >= 15 is 0 Å². The molecule has 4 atom stereocenters. The van der Waals surface area contributed by atoms with Gasteiger partial charge in [-0.05, 0) is 92.7 Å². The van der Waals surface area contributed by atoms with E-state index in [4.69, 9.17) is 5.11 Å². The van der Waals surface area contributed by atoms with Crippen molar-refractivity contribution in [1.29, 1.82) is 0 Å². The fourth-order valence-corrected chi connectivity index (χ4v) is 5.24. The Bertz CT molecular complexity index is 886. The highest BCUT2D eigenvalue weighted by molar-refractivity contribution is 5.94. The number of carbonyl (C=O) groups is 2. The van der Waals surface area contributed by atoms with Crippen LogP contribution in [0.25, 0.3) is 5.69 Å². The van der Waals surface area contributed by atoms with Gasteiger partial charge in [-0.25, -0.2) is 0 Å². The number of hydrogen-bond acceptors (Lipinski definition) is 2. The van der Waals surface area contributed by atoms with Crippen LogP contribution in [0, 0.1) is 17.8 Å². The number of carboxylic acids is 1.